The molecule has 0 saturated heterocycles. The van der Waals surface area contributed by atoms with Crippen molar-refractivity contribution >= 4 is 11.5 Å². The summed E-state index contributed by atoms with van der Waals surface area (Å²) in [5.41, 5.74) is 1.97. The molecule has 0 bridgehead atoms. The third-order valence-corrected chi connectivity index (χ3v) is 5.53. The minimum Gasteiger partial charge on any atom is -0.483 e. The summed E-state index contributed by atoms with van der Waals surface area (Å²) in [5.74, 6) is -1.09. The number of alkyl halides is 1. The minimum absolute atomic E-state index is 0.0682. The van der Waals surface area contributed by atoms with Crippen LogP contribution >= 0.6 is 11.5 Å². The van der Waals surface area contributed by atoms with Crippen molar-refractivity contribution in [2.75, 3.05) is 13.4 Å². The van der Waals surface area contributed by atoms with Crippen LogP contribution in [0.5, 0.6) is 17.2 Å². The number of benzene rings is 2. The maximum atomic E-state index is 14.4. The van der Waals surface area contributed by atoms with Gasteiger partial charge in [0.2, 0.25) is 6.79 Å². The molecule has 0 atom stereocenters. The summed E-state index contributed by atoms with van der Waals surface area (Å²) in [4.78, 5) is 0.322. The van der Waals surface area contributed by atoms with Crippen LogP contribution in [-0.2, 0) is 19.7 Å². The SMILES string of the molecule is OCCCc1cc(F)c(OCc2c(-c3ccc4c(c3)OCO4)nsc2CF)c(F)c1. The second-order valence-corrected chi connectivity index (χ2v) is 7.50. The highest BCUT2D eigenvalue weighted by atomic mass is 32.1. The van der Waals surface area contributed by atoms with Crippen LogP contribution in [0.2, 0.25) is 0 Å². The van der Waals surface area contributed by atoms with Gasteiger partial charge in [0.15, 0.2) is 28.9 Å². The molecule has 4 rings (SSSR count). The molecule has 5 nitrogen and oxygen atoms in total. The van der Waals surface area contributed by atoms with Gasteiger partial charge in [-0.1, -0.05) is 0 Å². The van der Waals surface area contributed by atoms with E-state index < -0.39 is 24.1 Å². The Kier molecular flexibility index (Phi) is 6.10. The quantitative estimate of drug-likeness (QED) is 0.549. The average Bonchev–Trinajstić information content (AvgIpc) is 3.37. The Morgan fingerprint density at radius 1 is 1.10 bits per heavy atom. The Labute approximate surface area is 174 Å². The van der Waals surface area contributed by atoms with Gasteiger partial charge < -0.3 is 19.3 Å². The Balaban J connectivity index is 1.59. The molecule has 1 aliphatic heterocycles. The molecular weight excluding hydrogens is 419 g/mol. The lowest BCUT2D eigenvalue weighted by Crippen LogP contribution is -2.03. The van der Waals surface area contributed by atoms with E-state index >= 15 is 0 Å². The average molecular weight is 437 g/mol. The fraction of sp³-hybridized carbons (Fsp3) is 0.286. The van der Waals surface area contributed by atoms with Gasteiger partial charge in [-0.2, -0.15) is 4.37 Å². The minimum atomic E-state index is -0.849. The van der Waals surface area contributed by atoms with Crippen LogP contribution in [0, 0.1) is 11.6 Å². The molecule has 2 aromatic carbocycles. The fourth-order valence-electron chi connectivity index (χ4n) is 3.19. The van der Waals surface area contributed by atoms with Crippen LogP contribution < -0.4 is 14.2 Å². The van der Waals surface area contributed by atoms with Gasteiger partial charge in [-0.05, 0) is 60.3 Å². The molecule has 0 saturated carbocycles. The second-order valence-electron chi connectivity index (χ2n) is 6.64. The van der Waals surface area contributed by atoms with E-state index in [-0.39, 0.29) is 20.0 Å². The van der Waals surface area contributed by atoms with E-state index in [2.05, 4.69) is 4.37 Å². The van der Waals surface area contributed by atoms with Crippen molar-refractivity contribution in [3.63, 3.8) is 0 Å². The van der Waals surface area contributed by atoms with E-state index in [1.54, 1.807) is 18.2 Å². The van der Waals surface area contributed by atoms with Gasteiger partial charge in [0, 0.05) is 17.7 Å². The number of aliphatic hydroxyl groups is 1. The van der Waals surface area contributed by atoms with Crippen LogP contribution in [0.15, 0.2) is 30.3 Å². The molecule has 0 amide bonds. The molecule has 9 heteroatoms. The normalized spacial score (nSPS) is 12.4. The number of aliphatic hydroxyl groups excluding tert-OH is 1. The van der Waals surface area contributed by atoms with Crippen molar-refractivity contribution in [1.29, 1.82) is 0 Å². The Hall–Kier alpha value is -2.78. The molecule has 1 N–H and O–H groups in total. The maximum absolute atomic E-state index is 14.4. The zero-order valence-electron chi connectivity index (χ0n) is 15.8. The summed E-state index contributed by atoms with van der Waals surface area (Å²) in [6.07, 6.45) is 0.748. The van der Waals surface area contributed by atoms with Crippen molar-refractivity contribution in [1.82, 2.24) is 4.37 Å². The number of rotatable bonds is 8. The first-order chi connectivity index (χ1) is 14.6. The number of aryl methyl sites for hydroxylation is 1. The number of nitrogens with zero attached hydrogens (tertiary/aromatic N) is 1. The molecule has 1 aromatic heterocycles. The van der Waals surface area contributed by atoms with Crippen LogP contribution in [0.1, 0.15) is 22.4 Å². The lowest BCUT2D eigenvalue weighted by Gasteiger charge is -2.11. The zero-order chi connectivity index (χ0) is 21.1. The molecule has 158 valence electrons. The van der Waals surface area contributed by atoms with Gasteiger partial charge in [0.1, 0.15) is 13.3 Å². The highest BCUT2D eigenvalue weighted by Crippen LogP contribution is 2.38. The number of ether oxygens (including phenoxy) is 3. The van der Waals surface area contributed by atoms with E-state index in [9.17, 15) is 13.2 Å². The Morgan fingerprint density at radius 2 is 1.87 bits per heavy atom. The first-order valence-corrected chi connectivity index (χ1v) is 10.0. The van der Waals surface area contributed by atoms with E-state index in [1.165, 1.54) is 12.1 Å². The molecule has 0 aliphatic carbocycles. The summed E-state index contributed by atoms with van der Waals surface area (Å²) in [7, 11) is 0. The predicted molar refractivity (Wildman–Crippen MR) is 105 cm³/mol. The smallest absolute Gasteiger partial charge is 0.231 e. The third-order valence-electron chi connectivity index (χ3n) is 4.68. The van der Waals surface area contributed by atoms with Crippen molar-refractivity contribution in [2.45, 2.75) is 26.1 Å². The molecule has 2 heterocycles. The van der Waals surface area contributed by atoms with Gasteiger partial charge >= 0.3 is 0 Å². The van der Waals surface area contributed by atoms with Crippen LogP contribution in [0.3, 0.4) is 0 Å². The summed E-state index contributed by atoms with van der Waals surface area (Å²) in [6.45, 7) is -0.967. The molecule has 30 heavy (non-hydrogen) atoms. The van der Waals surface area contributed by atoms with E-state index in [4.69, 9.17) is 19.3 Å². The maximum Gasteiger partial charge on any atom is 0.231 e. The monoisotopic (exact) mass is 437 g/mol. The van der Waals surface area contributed by atoms with Gasteiger partial charge in [-0.3, -0.25) is 0 Å². The molecule has 3 aromatic rings. The highest BCUT2D eigenvalue weighted by molar-refractivity contribution is 7.06. The van der Waals surface area contributed by atoms with Gasteiger partial charge in [-0.15, -0.1) is 0 Å². The summed E-state index contributed by atoms with van der Waals surface area (Å²) in [5, 5.41) is 8.87. The van der Waals surface area contributed by atoms with Crippen LogP contribution in [0.25, 0.3) is 11.3 Å². The number of fused-ring (bicyclic) bond motifs is 1. The lowest BCUT2D eigenvalue weighted by molar-refractivity contribution is 0.174. The van der Waals surface area contributed by atoms with E-state index in [0.29, 0.717) is 51.6 Å². The lowest BCUT2D eigenvalue weighted by atomic mass is 10.1. The van der Waals surface area contributed by atoms with E-state index in [1.807, 2.05) is 0 Å². The van der Waals surface area contributed by atoms with Crippen LogP contribution in [-0.4, -0.2) is 22.9 Å². The van der Waals surface area contributed by atoms with Crippen molar-refractivity contribution < 1.29 is 32.5 Å². The van der Waals surface area contributed by atoms with Crippen molar-refractivity contribution in [3.05, 3.63) is 58.0 Å². The molecule has 0 radical (unpaired) electrons. The predicted octanol–water partition coefficient (Wildman–Crippen LogP) is 4.79. The number of halogens is 3. The first-order valence-electron chi connectivity index (χ1n) is 9.25. The molecule has 1 aliphatic rings. The molecule has 0 spiro atoms. The van der Waals surface area contributed by atoms with Gasteiger partial charge in [0.05, 0.1) is 10.6 Å². The van der Waals surface area contributed by atoms with Gasteiger partial charge in [0.25, 0.3) is 0 Å². The summed E-state index contributed by atoms with van der Waals surface area (Å²) < 4.78 is 62.6. The standard InChI is InChI=1S/C21H18F3NO4S/c22-9-19-14(10-27-21-15(23)6-12(2-1-5-26)7-16(21)24)20(25-30-19)13-3-4-17-18(8-13)29-11-28-17/h3-4,6-8,26H,1-2,5,9-11H2. The third kappa shape index (κ3) is 4.08. The number of aromatic nitrogens is 1. The summed E-state index contributed by atoms with van der Waals surface area (Å²) >= 11 is 0.971. The number of hydrogen-bond donors (Lipinski definition) is 1. The Morgan fingerprint density at radius 3 is 2.60 bits per heavy atom. The van der Waals surface area contributed by atoms with Crippen molar-refractivity contribution in [3.8, 4) is 28.5 Å². The Bertz CT molecular complexity index is 1030. The second kappa shape index (κ2) is 8.93. The largest absolute Gasteiger partial charge is 0.483 e. The molecule has 0 fully saturated rings. The topological polar surface area (TPSA) is 60.8 Å². The zero-order valence-corrected chi connectivity index (χ0v) is 16.6. The highest BCUT2D eigenvalue weighted by Gasteiger charge is 2.21. The molecular formula is C21H18F3NO4S. The fourth-order valence-corrected chi connectivity index (χ4v) is 3.92. The summed E-state index contributed by atoms with van der Waals surface area (Å²) in [6, 6.07) is 7.55. The van der Waals surface area contributed by atoms with Gasteiger partial charge in [-0.25, -0.2) is 13.2 Å². The first kappa shape index (κ1) is 20.5. The number of hydrogen-bond acceptors (Lipinski definition) is 6. The van der Waals surface area contributed by atoms with Crippen LogP contribution in [0.4, 0.5) is 13.2 Å². The molecule has 0 unspecified atom stereocenters. The van der Waals surface area contributed by atoms with Crippen molar-refractivity contribution in [2.24, 2.45) is 0 Å². The van der Waals surface area contributed by atoms with E-state index in [0.717, 1.165) is 11.5 Å².